The van der Waals surface area contributed by atoms with Gasteiger partial charge in [-0.2, -0.15) is 0 Å². The first-order valence-corrected chi connectivity index (χ1v) is 7.42. The highest BCUT2D eigenvalue weighted by molar-refractivity contribution is 5.92. The molecule has 0 spiro atoms. The number of nitrogens with one attached hydrogen (secondary N) is 1. The van der Waals surface area contributed by atoms with E-state index >= 15 is 0 Å². The third-order valence-electron chi connectivity index (χ3n) is 2.88. The van der Waals surface area contributed by atoms with E-state index in [9.17, 15) is 19.5 Å². The van der Waals surface area contributed by atoms with Crippen molar-refractivity contribution in [2.45, 2.75) is 32.6 Å². The highest BCUT2D eigenvalue weighted by Crippen LogP contribution is 2.08. The Hall–Kier alpha value is -2.41. The molecule has 0 radical (unpaired) electrons. The fourth-order valence-electron chi connectivity index (χ4n) is 1.65. The number of nitrogens with zero attached hydrogens (tertiary/aromatic N) is 1. The fraction of sp³-hybridized carbons (Fsp3) is 0.438. The summed E-state index contributed by atoms with van der Waals surface area (Å²) in [6.45, 7) is 6.94. The van der Waals surface area contributed by atoms with Crippen LogP contribution >= 0.6 is 0 Å². The summed E-state index contributed by atoms with van der Waals surface area (Å²) < 4.78 is 0. The van der Waals surface area contributed by atoms with E-state index < -0.39 is 17.8 Å². The first-order valence-electron chi connectivity index (χ1n) is 7.42. The number of carbonyl (C=O) groups excluding carboxylic acids is 1. The van der Waals surface area contributed by atoms with Gasteiger partial charge in [0.1, 0.15) is 0 Å². The second kappa shape index (κ2) is 12.2. The maximum Gasteiger partial charge on any atom is 0.333 e. The van der Waals surface area contributed by atoms with Crippen LogP contribution in [0.1, 0.15) is 32.6 Å². The number of hydrogen-bond acceptors (Lipinski definition) is 4. The van der Waals surface area contributed by atoms with Gasteiger partial charge in [-0.1, -0.05) is 19.9 Å². The number of carboxylic acid groups (broad SMARTS) is 2. The smallest absolute Gasteiger partial charge is 0.333 e. The fourth-order valence-corrected chi connectivity index (χ4v) is 1.65. The summed E-state index contributed by atoms with van der Waals surface area (Å²) in [5.74, 6) is -3.00. The molecule has 0 aromatic carbocycles. The molecule has 0 rings (SSSR count). The standard InChI is InChI=1S/C16H24N2O5/c1-3-5-9-17-10-6-7-13(16(22)23)12-18(14(19)4-2)11-8-15(20)21/h4,8,11-12,17H,2-3,5-7,9-10H2,1H3,(H,20,21)(H,22,23). The van der Waals surface area contributed by atoms with Gasteiger partial charge >= 0.3 is 11.9 Å². The molecule has 1 amide bonds. The Morgan fingerprint density at radius 3 is 2.35 bits per heavy atom. The molecule has 0 aliphatic heterocycles. The zero-order valence-corrected chi connectivity index (χ0v) is 13.3. The van der Waals surface area contributed by atoms with Crippen LogP contribution < -0.4 is 5.32 Å². The lowest BCUT2D eigenvalue weighted by atomic mass is 10.1. The van der Waals surface area contributed by atoms with E-state index in [-0.39, 0.29) is 12.0 Å². The highest BCUT2D eigenvalue weighted by atomic mass is 16.4. The molecule has 7 nitrogen and oxygen atoms in total. The minimum atomic E-state index is -1.24. The van der Waals surface area contributed by atoms with Crippen molar-refractivity contribution >= 4 is 17.8 Å². The Labute approximate surface area is 136 Å². The molecule has 0 saturated carbocycles. The van der Waals surface area contributed by atoms with Crippen molar-refractivity contribution < 1.29 is 24.6 Å². The van der Waals surface area contributed by atoms with Gasteiger partial charge < -0.3 is 15.5 Å². The Bertz CT molecular complexity index is 483. The molecule has 0 fully saturated rings. The molecular weight excluding hydrogens is 300 g/mol. The molecule has 23 heavy (non-hydrogen) atoms. The predicted molar refractivity (Wildman–Crippen MR) is 86.5 cm³/mol. The van der Waals surface area contributed by atoms with Crippen LogP contribution in [0.2, 0.25) is 0 Å². The minimum absolute atomic E-state index is 0.0209. The molecule has 3 N–H and O–H groups in total. The molecule has 0 aromatic heterocycles. The average Bonchev–Trinajstić information content (AvgIpc) is 2.51. The lowest BCUT2D eigenvalue weighted by Crippen LogP contribution is -2.21. The largest absolute Gasteiger partial charge is 0.478 e. The Kier molecular flexibility index (Phi) is 10.9. The molecule has 0 unspecified atom stereocenters. The maximum absolute atomic E-state index is 11.6. The number of hydrogen-bond donors (Lipinski definition) is 3. The van der Waals surface area contributed by atoms with Gasteiger partial charge in [0.25, 0.3) is 5.91 Å². The predicted octanol–water partition coefficient (Wildman–Crippen LogP) is 1.74. The molecule has 0 aliphatic rings. The van der Waals surface area contributed by atoms with E-state index in [1.165, 1.54) is 0 Å². The van der Waals surface area contributed by atoms with Crippen molar-refractivity contribution in [2.75, 3.05) is 13.1 Å². The van der Waals surface area contributed by atoms with Gasteiger partial charge in [0.05, 0.1) is 5.57 Å². The van der Waals surface area contributed by atoms with Crippen molar-refractivity contribution in [1.82, 2.24) is 10.2 Å². The lowest BCUT2D eigenvalue weighted by Gasteiger charge is -2.13. The van der Waals surface area contributed by atoms with Gasteiger partial charge in [-0.15, -0.1) is 0 Å². The van der Waals surface area contributed by atoms with Crippen LogP contribution in [0.3, 0.4) is 0 Å². The summed E-state index contributed by atoms with van der Waals surface area (Å²) >= 11 is 0. The summed E-state index contributed by atoms with van der Waals surface area (Å²) in [5, 5.41) is 21.0. The third kappa shape index (κ3) is 10.0. The maximum atomic E-state index is 11.6. The number of rotatable bonds is 12. The molecule has 128 valence electrons. The molecule has 0 aromatic rings. The zero-order valence-electron chi connectivity index (χ0n) is 13.3. The first-order chi connectivity index (χ1) is 10.9. The van der Waals surface area contributed by atoms with Crippen LogP contribution in [0, 0.1) is 0 Å². The van der Waals surface area contributed by atoms with Gasteiger partial charge in [-0.25, -0.2) is 9.59 Å². The van der Waals surface area contributed by atoms with E-state index in [0.717, 1.165) is 48.8 Å². The summed E-state index contributed by atoms with van der Waals surface area (Å²) in [6, 6.07) is 0. The number of aliphatic carboxylic acids is 2. The molecular formula is C16H24N2O5. The molecule has 7 heteroatoms. The van der Waals surface area contributed by atoms with Gasteiger partial charge in [-0.3, -0.25) is 9.69 Å². The summed E-state index contributed by atoms with van der Waals surface area (Å²) in [6.07, 6.45) is 6.85. The van der Waals surface area contributed by atoms with E-state index in [2.05, 4.69) is 18.8 Å². The first kappa shape index (κ1) is 20.6. The van der Waals surface area contributed by atoms with Crippen molar-refractivity contribution in [1.29, 1.82) is 0 Å². The van der Waals surface area contributed by atoms with E-state index in [0.29, 0.717) is 13.0 Å². The average molecular weight is 324 g/mol. The van der Waals surface area contributed by atoms with Crippen LogP contribution in [0.15, 0.2) is 36.7 Å². The second-order valence-corrected chi connectivity index (χ2v) is 4.77. The minimum Gasteiger partial charge on any atom is -0.478 e. The van der Waals surface area contributed by atoms with E-state index in [4.69, 9.17) is 5.11 Å². The van der Waals surface area contributed by atoms with Crippen molar-refractivity contribution in [3.63, 3.8) is 0 Å². The van der Waals surface area contributed by atoms with Crippen LogP contribution in [-0.2, 0) is 14.4 Å². The van der Waals surface area contributed by atoms with Crippen molar-refractivity contribution in [3.05, 3.63) is 36.7 Å². The normalized spacial score (nSPS) is 11.4. The Morgan fingerprint density at radius 1 is 1.17 bits per heavy atom. The van der Waals surface area contributed by atoms with Crippen LogP contribution in [0.5, 0.6) is 0 Å². The molecule has 0 bridgehead atoms. The Morgan fingerprint density at radius 2 is 1.83 bits per heavy atom. The molecule has 0 atom stereocenters. The quantitative estimate of drug-likeness (QED) is 0.373. The topological polar surface area (TPSA) is 107 Å². The van der Waals surface area contributed by atoms with Gasteiger partial charge in [-0.05, 0) is 38.4 Å². The zero-order chi connectivity index (χ0) is 17.7. The monoisotopic (exact) mass is 324 g/mol. The summed E-state index contributed by atoms with van der Waals surface area (Å²) in [5.41, 5.74) is 0.0209. The molecule has 0 heterocycles. The Balaban J connectivity index is 4.82. The number of carboxylic acids is 2. The van der Waals surface area contributed by atoms with Gasteiger partial charge in [0, 0.05) is 18.5 Å². The van der Waals surface area contributed by atoms with E-state index in [1.807, 2.05) is 0 Å². The molecule has 0 aliphatic carbocycles. The van der Waals surface area contributed by atoms with Crippen LogP contribution in [0.25, 0.3) is 0 Å². The van der Waals surface area contributed by atoms with E-state index in [1.54, 1.807) is 0 Å². The van der Waals surface area contributed by atoms with Crippen LogP contribution in [0.4, 0.5) is 0 Å². The highest BCUT2D eigenvalue weighted by Gasteiger charge is 2.12. The van der Waals surface area contributed by atoms with Gasteiger partial charge in [0.15, 0.2) is 0 Å². The van der Waals surface area contributed by atoms with Gasteiger partial charge in [0.2, 0.25) is 0 Å². The van der Waals surface area contributed by atoms with Crippen molar-refractivity contribution in [3.8, 4) is 0 Å². The van der Waals surface area contributed by atoms with Crippen molar-refractivity contribution in [2.24, 2.45) is 0 Å². The third-order valence-corrected chi connectivity index (χ3v) is 2.88. The second-order valence-electron chi connectivity index (χ2n) is 4.77. The lowest BCUT2D eigenvalue weighted by molar-refractivity contribution is -0.133. The molecule has 0 saturated heterocycles. The SMILES string of the molecule is C=CC(=O)N(C=CC(=O)O)C=C(CCCNCCCC)C(=O)O. The number of carbonyl (C=O) groups is 3. The summed E-state index contributed by atoms with van der Waals surface area (Å²) in [4.78, 5) is 34.3. The number of unbranched alkanes of at least 4 members (excludes halogenated alkanes) is 1. The summed E-state index contributed by atoms with van der Waals surface area (Å²) in [7, 11) is 0. The number of amides is 1. The van der Waals surface area contributed by atoms with Crippen LogP contribution in [-0.4, -0.2) is 46.0 Å².